The summed E-state index contributed by atoms with van der Waals surface area (Å²) in [5.41, 5.74) is 0. The zero-order valence-corrected chi connectivity index (χ0v) is 10.3. The van der Waals surface area contributed by atoms with E-state index in [1.54, 1.807) is 0 Å². The number of hydrogen-bond donors (Lipinski definition) is 1. The lowest BCUT2D eigenvalue weighted by Gasteiger charge is -2.20. The molecule has 0 radical (unpaired) electrons. The highest BCUT2D eigenvalue weighted by molar-refractivity contribution is 6.30. The van der Waals surface area contributed by atoms with Crippen molar-refractivity contribution in [3.8, 4) is 0 Å². The van der Waals surface area contributed by atoms with E-state index in [0.29, 0.717) is 0 Å². The van der Waals surface area contributed by atoms with Crippen molar-refractivity contribution in [2.45, 2.75) is 64.3 Å². The average molecular weight is 188 g/mol. The van der Waals surface area contributed by atoms with Crippen LogP contribution in [0.25, 0.3) is 0 Å². The summed E-state index contributed by atoms with van der Waals surface area (Å²) in [4.78, 5) is 9.14. The summed E-state index contributed by atoms with van der Waals surface area (Å²) in [6, 6.07) is 0. The molecule has 0 fully saturated rings. The van der Waals surface area contributed by atoms with Crippen LogP contribution in [0.5, 0.6) is 0 Å². The molecular weight excluding hydrogens is 164 g/mol. The molecule has 0 aromatic carbocycles. The van der Waals surface area contributed by atoms with Crippen molar-refractivity contribution < 1.29 is 4.80 Å². The molecule has 0 atom stereocenters. The first-order chi connectivity index (χ1) is 5.62. The standard InChI is InChI=1S/C10H24OSi/c1-4-5-6-7-8-9-10(2,3)12-11/h11H,4-9,12H2,1-3H3. The van der Waals surface area contributed by atoms with Crippen LogP contribution < -0.4 is 0 Å². The van der Waals surface area contributed by atoms with Gasteiger partial charge in [-0.1, -0.05) is 52.9 Å². The SMILES string of the molecule is CCCCCCCC(C)(C)[SiH2]O. The van der Waals surface area contributed by atoms with Crippen LogP contribution in [-0.4, -0.2) is 14.6 Å². The number of unbranched alkanes of at least 4 members (excludes halogenated alkanes) is 4. The van der Waals surface area contributed by atoms with Gasteiger partial charge in [-0.2, -0.15) is 0 Å². The average Bonchev–Trinajstić information content (AvgIpc) is 2.04. The Morgan fingerprint density at radius 2 is 1.67 bits per heavy atom. The molecule has 0 bridgehead atoms. The Morgan fingerprint density at radius 3 is 2.17 bits per heavy atom. The second-order valence-corrected chi connectivity index (χ2v) is 6.72. The maximum absolute atomic E-state index is 9.14. The van der Waals surface area contributed by atoms with Crippen molar-refractivity contribution in [3.63, 3.8) is 0 Å². The third kappa shape index (κ3) is 6.86. The van der Waals surface area contributed by atoms with E-state index in [0.717, 1.165) is 0 Å². The molecule has 0 aromatic rings. The molecule has 1 nitrogen and oxygen atoms in total. The molecular formula is C10H24OSi. The molecule has 0 unspecified atom stereocenters. The molecule has 0 amide bonds. The molecule has 2 heteroatoms. The molecule has 74 valence electrons. The van der Waals surface area contributed by atoms with Crippen LogP contribution in [0.15, 0.2) is 0 Å². The highest BCUT2D eigenvalue weighted by atomic mass is 28.2. The van der Waals surface area contributed by atoms with Gasteiger partial charge >= 0.3 is 0 Å². The van der Waals surface area contributed by atoms with Gasteiger partial charge in [0.2, 0.25) is 0 Å². The van der Waals surface area contributed by atoms with Crippen molar-refractivity contribution in [1.82, 2.24) is 0 Å². The van der Waals surface area contributed by atoms with Gasteiger partial charge in [-0.3, -0.25) is 0 Å². The van der Waals surface area contributed by atoms with E-state index in [2.05, 4.69) is 20.8 Å². The highest BCUT2D eigenvalue weighted by Gasteiger charge is 2.15. The molecule has 0 aromatic heterocycles. The lowest BCUT2D eigenvalue weighted by atomic mass is 10.0. The Hall–Kier alpha value is 0.177. The lowest BCUT2D eigenvalue weighted by molar-refractivity contribution is 0.475. The third-order valence-electron chi connectivity index (χ3n) is 2.39. The van der Waals surface area contributed by atoms with Crippen molar-refractivity contribution in [3.05, 3.63) is 0 Å². The fourth-order valence-electron chi connectivity index (χ4n) is 1.29. The van der Waals surface area contributed by atoms with Gasteiger partial charge in [0.05, 0.1) is 0 Å². The fourth-order valence-corrected chi connectivity index (χ4v) is 1.69. The number of rotatable bonds is 7. The first-order valence-corrected chi connectivity index (χ1v) is 6.57. The maximum atomic E-state index is 9.14. The minimum atomic E-state index is -0.798. The van der Waals surface area contributed by atoms with Gasteiger partial charge in [-0.15, -0.1) is 0 Å². The number of hydrogen-bond acceptors (Lipinski definition) is 1. The molecule has 0 rings (SSSR count). The Balaban J connectivity index is 3.19. The molecule has 0 spiro atoms. The van der Waals surface area contributed by atoms with Gasteiger partial charge in [-0.25, -0.2) is 0 Å². The largest absolute Gasteiger partial charge is 0.438 e. The molecule has 0 saturated heterocycles. The minimum Gasteiger partial charge on any atom is -0.438 e. The summed E-state index contributed by atoms with van der Waals surface area (Å²) in [7, 11) is -0.798. The second kappa shape index (κ2) is 6.67. The van der Waals surface area contributed by atoms with E-state index < -0.39 is 9.76 Å². The molecule has 0 aliphatic heterocycles. The maximum Gasteiger partial charge on any atom is 0.162 e. The van der Waals surface area contributed by atoms with Gasteiger partial charge in [0.25, 0.3) is 0 Å². The predicted octanol–water partition coefficient (Wildman–Crippen LogP) is 2.62. The monoisotopic (exact) mass is 188 g/mol. The van der Waals surface area contributed by atoms with E-state index in [9.17, 15) is 0 Å². The zero-order valence-electron chi connectivity index (χ0n) is 8.90. The zero-order chi connectivity index (χ0) is 9.45. The van der Waals surface area contributed by atoms with E-state index >= 15 is 0 Å². The van der Waals surface area contributed by atoms with E-state index in [4.69, 9.17) is 4.80 Å². The van der Waals surface area contributed by atoms with E-state index in [1.807, 2.05) is 0 Å². The van der Waals surface area contributed by atoms with Gasteiger partial charge in [0, 0.05) is 0 Å². The second-order valence-electron chi connectivity index (χ2n) is 4.49. The van der Waals surface area contributed by atoms with Gasteiger partial charge in [0.1, 0.15) is 0 Å². The third-order valence-corrected chi connectivity index (χ3v) is 3.59. The molecule has 1 N–H and O–H groups in total. The smallest absolute Gasteiger partial charge is 0.162 e. The normalized spacial score (nSPS) is 13.0. The molecule has 0 aliphatic rings. The first kappa shape index (κ1) is 12.2. The summed E-state index contributed by atoms with van der Waals surface area (Å²) in [5.74, 6) is 0. The Morgan fingerprint density at radius 1 is 1.08 bits per heavy atom. The van der Waals surface area contributed by atoms with Crippen LogP contribution in [0.2, 0.25) is 5.04 Å². The van der Waals surface area contributed by atoms with Crippen molar-refractivity contribution in [1.29, 1.82) is 0 Å². The van der Waals surface area contributed by atoms with Crippen LogP contribution in [0.4, 0.5) is 0 Å². The quantitative estimate of drug-likeness (QED) is 0.481. The molecule has 0 aliphatic carbocycles. The van der Waals surface area contributed by atoms with Gasteiger partial charge in [0.15, 0.2) is 9.76 Å². The predicted molar refractivity (Wildman–Crippen MR) is 58.2 cm³/mol. The molecule has 12 heavy (non-hydrogen) atoms. The van der Waals surface area contributed by atoms with Gasteiger partial charge < -0.3 is 4.80 Å². The summed E-state index contributed by atoms with van der Waals surface area (Å²) >= 11 is 0. The van der Waals surface area contributed by atoms with Crippen LogP contribution in [-0.2, 0) is 0 Å². The van der Waals surface area contributed by atoms with Crippen molar-refractivity contribution in [2.75, 3.05) is 0 Å². The summed E-state index contributed by atoms with van der Waals surface area (Å²) < 4.78 is 0. The fraction of sp³-hybridized carbons (Fsp3) is 1.00. The Labute approximate surface area is 79.5 Å². The van der Waals surface area contributed by atoms with Crippen LogP contribution in [0, 0.1) is 0 Å². The van der Waals surface area contributed by atoms with Gasteiger partial charge in [-0.05, 0) is 11.5 Å². The Bertz CT molecular complexity index is 102. The molecule has 0 saturated carbocycles. The topological polar surface area (TPSA) is 20.2 Å². The Kier molecular flexibility index (Phi) is 6.77. The highest BCUT2D eigenvalue weighted by Crippen LogP contribution is 2.29. The van der Waals surface area contributed by atoms with E-state index in [1.165, 1.54) is 38.5 Å². The summed E-state index contributed by atoms with van der Waals surface area (Å²) in [6.07, 6.45) is 7.94. The summed E-state index contributed by atoms with van der Waals surface area (Å²) in [5, 5.41) is 0.284. The minimum absolute atomic E-state index is 0.284. The van der Waals surface area contributed by atoms with Crippen molar-refractivity contribution in [2.24, 2.45) is 0 Å². The lowest BCUT2D eigenvalue weighted by Crippen LogP contribution is -2.11. The van der Waals surface area contributed by atoms with E-state index in [-0.39, 0.29) is 5.04 Å². The summed E-state index contributed by atoms with van der Waals surface area (Å²) in [6.45, 7) is 6.63. The van der Waals surface area contributed by atoms with Crippen LogP contribution >= 0.6 is 0 Å². The van der Waals surface area contributed by atoms with Crippen LogP contribution in [0.1, 0.15) is 59.3 Å². The first-order valence-electron chi connectivity index (χ1n) is 5.23. The van der Waals surface area contributed by atoms with Crippen LogP contribution in [0.3, 0.4) is 0 Å². The van der Waals surface area contributed by atoms with Crippen molar-refractivity contribution >= 4 is 9.76 Å². The molecule has 0 heterocycles.